The molecule has 0 saturated heterocycles. The van der Waals surface area contributed by atoms with Crippen molar-refractivity contribution in [2.75, 3.05) is 0 Å². The van der Waals surface area contributed by atoms with Gasteiger partial charge in [0, 0.05) is 11.6 Å². The summed E-state index contributed by atoms with van der Waals surface area (Å²) in [5, 5.41) is 9.75. The number of hydrogen-bond acceptors (Lipinski definition) is 6. The van der Waals surface area contributed by atoms with Gasteiger partial charge in [0.15, 0.2) is 10.6 Å². The molecule has 1 fully saturated rings. The molecule has 1 aliphatic heterocycles. The summed E-state index contributed by atoms with van der Waals surface area (Å²) in [5.41, 5.74) is 0.777. The van der Waals surface area contributed by atoms with E-state index in [0.717, 1.165) is 17.7 Å². The van der Waals surface area contributed by atoms with E-state index in [1.807, 2.05) is 4.57 Å². The van der Waals surface area contributed by atoms with Gasteiger partial charge in [-0.15, -0.1) is 0 Å². The van der Waals surface area contributed by atoms with Crippen LogP contribution in [0.25, 0.3) is 0 Å². The van der Waals surface area contributed by atoms with Crippen LogP contribution >= 0.6 is 12.2 Å². The van der Waals surface area contributed by atoms with Gasteiger partial charge >= 0.3 is 0 Å². The maximum Gasteiger partial charge on any atom is 0.261 e. The average molecular weight is 423 g/mol. The van der Waals surface area contributed by atoms with Gasteiger partial charge in [-0.3, -0.25) is 28.9 Å². The van der Waals surface area contributed by atoms with Gasteiger partial charge in [0.1, 0.15) is 5.76 Å². The molecule has 30 heavy (non-hydrogen) atoms. The largest absolute Gasteiger partial charge is 0.467 e. The summed E-state index contributed by atoms with van der Waals surface area (Å²) in [7, 11) is 0. The van der Waals surface area contributed by atoms with Gasteiger partial charge in [0.2, 0.25) is 0 Å². The van der Waals surface area contributed by atoms with Crippen molar-refractivity contribution in [3.63, 3.8) is 0 Å². The van der Waals surface area contributed by atoms with Crippen LogP contribution in [0.4, 0.5) is 0 Å². The standard InChI is InChI=1S/C20H17N5O4S/c26-17(21-9-16-22-23-20(30)25(16)12-4-5-12)11-3-6-14-15(8-11)19(28)24(18(14)27)10-13-2-1-7-29-13/h1-3,6-8,12H,4-5,9-10H2,(H,21,26)(H,23,30). The minimum Gasteiger partial charge on any atom is -0.467 e. The zero-order valence-corrected chi connectivity index (χ0v) is 16.6. The molecule has 0 unspecified atom stereocenters. The Morgan fingerprint density at radius 2 is 2.03 bits per heavy atom. The summed E-state index contributed by atoms with van der Waals surface area (Å²) in [6.07, 6.45) is 3.58. The number of fused-ring (bicyclic) bond motifs is 1. The van der Waals surface area contributed by atoms with Crippen molar-refractivity contribution in [3.8, 4) is 0 Å². The smallest absolute Gasteiger partial charge is 0.261 e. The highest BCUT2D eigenvalue weighted by Gasteiger charge is 2.36. The van der Waals surface area contributed by atoms with Crippen LogP contribution in [0.15, 0.2) is 41.0 Å². The Morgan fingerprint density at radius 3 is 2.77 bits per heavy atom. The minimum absolute atomic E-state index is 0.0462. The molecule has 10 heteroatoms. The second kappa shape index (κ2) is 7.06. The average Bonchev–Trinajstić information content (AvgIpc) is 3.22. The highest BCUT2D eigenvalue weighted by molar-refractivity contribution is 7.71. The molecule has 0 atom stereocenters. The third kappa shape index (κ3) is 3.14. The maximum absolute atomic E-state index is 12.7. The molecule has 152 valence electrons. The Balaban J connectivity index is 1.32. The lowest BCUT2D eigenvalue weighted by molar-refractivity contribution is 0.0631. The molecule has 2 aromatic heterocycles. The monoisotopic (exact) mass is 423 g/mol. The zero-order chi connectivity index (χ0) is 20.8. The van der Waals surface area contributed by atoms with Crippen LogP contribution < -0.4 is 5.32 Å². The van der Waals surface area contributed by atoms with E-state index in [0.29, 0.717) is 28.0 Å². The lowest BCUT2D eigenvalue weighted by Gasteiger charge is -2.11. The van der Waals surface area contributed by atoms with Crippen molar-refractivity contribution < 1.29 is 18.8 Å². The zero-order valence-electron chi connectivity index (χ0n) is 15.8. The fourth-order valence-corrected chi connectivity index (χ4v) is 3.87. The number of rotatable bonds is 6. The Labute approximate surface area is 175 Å². The third-order valence-corrected chi connectivity index (χ3v) is 5.51. The normalized spacial score (nSPS) is 15.5. The summed E-state index contributed by atoms with van der Waals surface area (Å²) in [4.78, 5) is 39.0. The third-order valence-electron chi connectivity index (χ3n) is 5.22. The van der Waals surface area contributed by atoms with Crippen molar-refractivity contribution in [3.05, 3.63) is 69.6 Å². The van der Waals surface area contributed by atoms with E-state index in [1.165, 1.54) is 24.5 Å². The molecule has 0 spiro atoms. The number of nitrogens with zero attached hydrogens (tertiary/aromatic N) is 3. The van der Waals surface area contributed by atoms with E-state index in [9.17, 15) is 14.4 Å². The molecule has 1 aromatic carbocycles. The Morgan fingerprint density at radius 1 is 1.23 bits per heavy atom. The number of hydrogen-bond donors (Lipinski definition) is 2. The predicted octanol–water partition coefficient (Wildman–Crippen LogP) is 2.59. The quantitative estimate of drug-likeness (QED) is 0.465. The lowest BCUT2D eigenvalue weighted by Crippen LogP contribution is -2.28. The lowest BCUT2D eigenvalue weighted by atomic mass is 10.1. The number of furan rings is 1. The fourth-order valence-electron chi connectivity index (χ4n) is 3.57. The molecule has 3 amide bonds. The molecule has 3 aromatic rings. The molecule has 1 saturated carbocycles. The van der Waals surface area contributed by atoms with E-state index in [2.05, 4.69) is 15.5 Å². The highest BCUT2D eigenvalue weighted by Crippen LogP contribution is 2.35. The molecule has 0 bridgehead atoms. The second-order valence-corrected chi connectivity index (χ2v) is 7.65. The molecular formula is C20H17N5O4S. The van der Waals surface area contributed by atoms with E-state index in [-0.39, 0.29) is 30.1 Å². The first-order chi connectivity index (χ1) is 14.5. The van der Waals surface area contributed by atoms with Gasteiger partial charge in [-0.05, 0) is 55.4 Å². The first-order valence-corrected chi connectivity index (χ1v) is 9.90. The topological polar surface area (TPSA) is 113 Å². The van der Waals surface area contributed by atoms with Gasteiger partial charge in [-0.2, -0.15) is 5.10 Å². The van der Waals surface area contributed by atoms with Crippen LogP contribution in [-0.4, -0.2) is 37.4 Å². The van der Waals surface area contributed by atoms with E-state index >= 15 is 0 Å². The number of benzene rings is 1. The molecule has 5 rings (SSSR count). The number of imide groups is 1. The van der Waals surface area contributed by atoms with E-state index in [4.69, 9.17) is 16.6 Å². The number of aromatic nitrogens is 3. The number of carbonyl (C=O) groups excluding carboxylic acids is 3. The first-order valence-electron chi connectivity index (χ1n) is 9.49. The summed E-state index contributed by atoms with van der Waals surface area (Å²) in [6, 6.07) is 8.22. The first kappa shape index (κ1) is 18.5. The number of carbonyl (C=O) groups is 3. The van der Waals surface area contributed by atoms with Crippen LogP contribution in [0.1, 0.15) is 61.5 Å². The highest BCUT2D eigenvalue weighted by atomic mass is 32.1. The Bertz CT molecular complexity index is 1220. The fraction of sp³-hybridized carbons (Fsp3) is 0.250. The van der Waals surface area contributed by atoms with Gasteiger partial charge < -0.3 is 9.73 Å². The summed E-state index contributed by atoms with van der Waals surface area (Å²) >= 11 is 5.24. The van der Waals surface area contributed by atoms with Crippen molar-refractivity contribution in [2.24, 2.45) is 0 Å². The number of nitrogens with one attached hydrogen (secondary N) is 2. The molecule has 2 aliphatic rings. The molecule has 0 radical (unpaired) electrons. The van der Waals surface area contributed by atoms with Crippen LogP contribution in [0, 0.1) is 4.77 Å². The summed E-state index contributed by atoms with van der Waals surface area (Å²) in [6.45, 7) is 0.252. The van der Waals surface area contributed by atoms with Crippen molar-refractivity contribution >= 4 is 29.9 Å². The molecule has 2 N–H and O–H groups in total. The summed E-state index contributed by atoms with van der Waals surface area (Å²) in [5.74, 6) is -0.0488. The van der Waals surface area contributed by atoms with Crippen LogP contribution in [0.3, 0.4) is 0 Å². The Hall–Kier alpha value is -3.53. The Kier molecular flexibility index (Phi) is 4.35. The van der Waals surface area contributed by atoms with Gasteiger partial charge in [-0.25, -0.2) is 0 Å². The van der Waals surface area contributed by atoms with Gasteiger partial charge in [0.05, 0.1) is 30.5 Å². The van der Waals surface area contributed by atoms with Crippen molar-refractivity contribution in [2.45, 2.75) is 32.0 Å². The van der Waals surface area contributed by atoms with Crippen molar-refractivity contribution in [1.29, 1.82) is 0 Å². The maximum atomic E-state index is 12.7. The molecule has 9 nitrogen and oxygen atoms in total. The SMILES string of the molecule is O=C(NCc1n[nH]c(=S)n1C1CC1)c1ccc2c(c1)C(=O)N(Cc1ccco1)C2=O. The number of amides is 3. The predicted molar refractivity (Wildman–Crippen MR) is 106 cm³/mol. The summed E-state index contributed by atoms with van der Waals surface area (Å²) < 4.78 is 7.70. The number of aromatic amines is 1. The number of H-pyrrole nitrogens is 1. The van der Waals surface area contributed by atoms with Gasteiger partial charge in [0.25, 0.3) is 17.7 Å². The second-order valence-electron chi connectivity index (χ2n) is 7.27. The van der Waals surface area contributed by atoms with Crippen molar-refractivity contribution in [1.82, 2.24) is 25.0 Å². The van der Waals surface area contributed by atoms with Crippen LogP contribution in [-0.2, 0) is 13.1 Å². The van der Waals surface area contributed by atoms with Crippen LogP contribution in [0.2, 0.25) is 0 Å². The van der Waals surface area contributed by atoms with E-state index < -0.39 is 11.8 Å². The molecule has 1 aliphatic carbocycles. The van der Waals surface area contributed by atoms with E-state index in [1.54, 1.807) is 12.1 Å². The molecular weight excluding hydrogens is 406 g/mol. The van der Waals surface area contributed by atoms with Gasteiger partial charge in [-0.1, -0.05) is 0 Å². The van der Waals surface area contributed by atoms with Crippen LogP contribution in [0.5, 0.6) is 0 Å². The molecule has 3 heterocycles. The minimum atomic E-state index is -0.448.